The predicted octanol–water partition coefficient (Wildman–Crippen LogP) is 3.35. The molecule has 0 atom stereocenters. The number of aromatic nitrogens is 2. The van der Waals surface area contributed by atoms with E-state index in [9.17, 15) is 4.79 Å². The molecule has 3 aromatic rings. The SMILES string of the molecule is COc1cc2c(C)nc(=O)n(CCCc3ccccc3)c2cc1OC. The van der Waals surface area contributed by atoms with Crippen molar-refractivity contribution in [2.24, 2.45) is 0 Å². The Morgan fingerprint density at radius 3 is 2.40 bits per heavy atom. The van der Waals surface area contributed by atoms with Gasteiger partial charge in [-0.05, 0) is 31.4 Å². The van der Waals surface area contributed by atoms with Gasteiger partial charge in [-0.15, -0.1) is 0 Å². The number of hydrogen-bond donors (Lipinski definition) is 0. The van der Waals surface area contributed by atoms with E-state index in [1.54, 1.807) is 18.8 Å². The molecule has 0 N–H and O–H groups in total. The van der Waals surface area contributed by atoms with Gasteiger partial charge in [-0.2, -0.15) is 4.98 Å². The molecule has 0 bridgehead atoms. The van der Waals surface area contributed by atoms with E-state index in [1.165, 1.54) is 5.56 Å². The van der Waals surface area contributed by atoms with Crippen molar-refractivity contribution in [3.8, 4) is 11.5 Å². The first-order chi connectivity index (χ1) is 12.1. The molecule has 2 aromatic carbocycles. The maximum atomic E-state index is 12.4. The molecule has 0 aliphatic carbocycles. The Bertz CT molecular complexity index is 933. The Morgan fingerprint density at radius 2 is 1.72 bits per heavy atom. The zero-order valence-corrected chi connectivity index (χ0v) is 14.8. The smallest absolute Gasteiger partial charge is 0.348 e. The van der Waals surface area contributed by atoms with Gasteiger partial charge in [0, 0.05) is 18.0 Å². The summed E-state index contributed by atoms with van der Waals surface area (Å²) in [5, 5.41) is 0.900. The van der Waals surface area contributed by atoms with Crippen LogP contribution in [0.2, 0.25) is 0 Å². The molecule has 5 heteroatoms. The highest BCUT2D eigenvalue weighted by atomic mass is 16.5. The van der Waals surface area contributed by atoms with Crippen LogP contribution in [0.25, 0.3) is 10.9 Å². The summed E-state index contributed by atoms with van der Waals surface area (Å²) < 4.78 is 12.5. The first-order valence-electron chi connectivity index (χ1n) is 8.31. The molecule has 0 saturated heterocycles. The van der Waals surface area contributed by atoms with E-state index in [1.807, 2.05) is 37.3 Å². The van der Waals surface area contributed by atoms with Gasteiger partial charge in [0.05, 0.1) is 25.4 Å². The van der Waals surface area contributed by atoms with Crippen LogP contribution in [-0.4, -0.2) is 23.8 Å². The Morgan fingerprint density at radius 1 is 1.04 bits per heavy atom. The zero-order chi connectivity index (χ0) is 17.8. The van der Waals surface area contributed by atoms with Crippen molar-refractivity contribution < 1.29 is 9.47 Å². The van der Waals surface area contributed by atoms with E-state index in [0.29, 0.717) is 23.7 Å². The second-order valence-corrected chi connectivity index (χ2v) is 5.94. The van der Waals surface area contributed by atoms with E-state index in [2.05, 4.69) is 17.1 Å². The molecule has 3 rings (SSSR count). The molecule has 0 aliphatic heterocycles. The van der Waals surface area contributed by atoms with Gasteiger partial charge in [0.2, 0.25) is 0 Å². The summed E-state index contributed by atoms with van der Waals surface area (Å²) in [4.78, 5) is 16.6. The topological polar surface area (TPSA) is 53.3 Å². The monoisotopic (exact) mass is 338 g/mol. The summed E-state index contributed by atoms with van der Waals surface area (Å²) >= 11 is 0. The summed E-state index contributed by atoms with van der Waals surface area (Å²) in [5.41, 5.74) is 2.55. The van der Waals surface area contributed by atoms with E-state index >= 15 is 0 Å². The minimum absolute atomic E-state index is 0.231. The summed E-state index contributed by atoms with van der Waals surface area (Å²) in [6, 6.07) is 14.0. The summed E-state index contributed by atoms with van der Waals surface area (Å²) in [6.07, 6.45) is 1.77. The highest BCUT2D eigenvalue weighted by Gasteiger charge is 2.13. The second kappa shape index (κ2) is 7.38. The van der Waals surface area contributed by atoms with Crippen molar-refractivity contribution in [1.82, 2.24) is 9.55 Å². The molecule has 0 spiro atoms. The molecule has 0 saturated carbocycles. The predicted molar refractivity (Wildman–Crippen MR) is 98.6 cm³/mol. The number of fused-ring (bicyclic) bond motifs is 1. The van der Waals surface area contributed by atoms with Crippen LogP contribution in [0.1, 0.15) is 17.7 Å². The van der Waals surface area contributed by atoms with Crippen LogP contribution in [0.3, 0.4) is 0 Å². The number of nitrogens with zero attached hydrogens (tertiary/aromatic N) is 2. The first kappa shape index (κ1) is 17.0. The Kier molecular flexibility index (Phi) is 5.03. The molecule has 0 fully saturated rings. The van der Waals surface area contributed by atoms with Crippen LogP contribution in [0, 0.1) is 6.92 Å². The van der Waals surface area contributed by atoms with Crippen molar-refractivity contribution in [3.05, 3.63) is 64.2 Å². The quantitative estimate of drug-likeness (QED) is 0.692. The van der Waals surface area contributed by atoms with Crippen LogP contribution in [0.15, 0.2) is 47.3 Å². The lowest BCUT2D eigenvalue weighted by Crippen LogP contribution is -2.24. The van der Waals surface area contributed by atoms with Crippen LogP contribution < -0.4 is 15.2 Å². The molecule has 0 unspecified atom stereocenters. The second-order valence-electron chi connectivity index (χ2n) is 5.94. The lowest BCUT2D eigenvalue weighted by Gasteiger charge is -2.14. The van der Waals surface area contributed by atoms with Gasteiger partial charge in [0.25, 0.3) is 0 Å². The normalized spacial score (nSPS) is 10.8. The molecule has 1 aromatic heterocycles. The average Bonchev–Trinajstić information content (AvgIpc) is 2.64. The molecule has 0 aliphatic rings. The third kappa shape index (κ3) is 3.50. The third-order valence-electron chi connectivity index (χ3n) is 4.37. The minimum Gasteiger partial charge on any atom is -0.493 e. The number of rotatable bonds is 6. The number of aryl methyl sites for hydroxylation is 3. The van der Waals surface area contributed by atoms with Crippen molar-refractivity contribution in [2.45, 2.75) is 26.3 Å². The van der Waals surface area contributed by atoms with Crippen molar-refractivity contribution in [1.29, 1.82) is 0 Å². The molecular weight excluding hydrogens is 316 g/mol. The summed E-state index contributed by atoms with van der Waals surface area (Å²) in [7, 11) is 3.19. The maximum absolute atomic E-state index is 12.4. The molecule has 25 heavy (non-hydrogen) atoms. The van der Waals surface area contributed by atoms with Crippen LogP contribution in [-0.2, 0) is 13.0 Å². The van der Waals surface area contributed by atoms with Crippen molar-refractivity contribution in [3.63, 3.8) is 0 Å². The van der Waals surface area contributed by atoms with Gasteiger partial charge in [0.15, 0.2) is 11.5 Å². The average molecular weight is 338 g/mol. The van der Waals surface area contributed by atoms with E-state index in [0.717, 1.165) is 23.7 Å². The Labute approximate surface area is 146 Å². The molecule has 130 valence electrons. The summed E-state index contributed by atoms with van der Waals surface area (Å²) in [6.45, 7) is 2.44. The van der Waals surface area contributed by atoms with Crippen LogP contribution >= 0.6 is 0 Å². The van der Waals surface area contributed by atoms with Gasteiger partial charge in [-0.3, -0.25) is 4.57 Å². The number of hydrogen-bond acceptors (Lipinski definition) is 4. The van der Waals surface area contributed by atoms with Gasteiger partial charge in [0.1, 0.15) is 0 Å². The zero-order valence-electron chi connectivity index (χ0n) is 14.8. The fourth-order valence-corrected chi connectivity index (χ4v) is 3.05. The van der Waals surface area contributed by atoms with Crippen molar-refractivity contribution in [2.75, 3.05) is 14.2 Å². The molecular formula is C20H22N2O3. The number of ether oxygens (including phenoxy) is 2. The Balaban J connectivity index is 1.97. The molecule has 0 amide bonds. The standard InChI is InChI=1S/C20H22N2O3/c1-14-16-12-18(24-2)19(25-3)13-17(16)22(20(23)21-14)11-7-10-15-8-5-4-6-9-15/h4-6,8-9,12-13H,7,10-11H2,1-3H3. The number of methoxy groups -OCH3 is 2. The van der Waals surface area contributed by atoms with E-state index < -0.39 is 0 Å². The highest BCUT2D eigenvalue weighted by molar-refractivity contribution is 5.85. The van der Waals surface area contributed by atoms with Gasteiger partial charge >= 0.3 is 5.69 Å². The minimum atomic E-state index is -0.231. The number of benzene rings is 2. The largest absolute Gasteiger partial charge is 0.493 e. The van der Waals surface area contributed by atoms with Gasteiger partial charge in [-0.1, -0.05) is 30.3 Å². The fraction of sp³-hybridized carbons (Fsp3) is 0.300. The van der Waals surface area contributed by atoms with E-state index in [-0.39, 0.29) is 5.69 Å². The maximum Gasteiger partial charge on any atom is 0.348 e. The van der Waals surface area contributed by atoms with E-state index in [4.69, 9.17) is 9.47 Å². The lowest BCUT2D eigenvalue weighted by molar-refractivity contribution is 0.355. The van der Waals surface area contributed by atoms with Crippen LogP contribution in [0.5, 0.6) is 11.5 Å². The third-order valence-corrected chi connectivity index (χ3v) is 4.37. The van der Waals surface area contributed by atoms with Crippen molar-refractivity contribution >= 4 is 10.9 Å². The van der Waals surface area contributed by atoms with Gasteiger partial charge < -0.3 is 9.47 Å². The van der Waals surface area contributed by atoms with Gasteiger partial charge in [-0.25, -0.2) is 4.79 Å². The molecule has 1 heterocycles. The molecule has 5 nitrogen and oxygen atoms in total. The Hall–Kier alpha value is -2.82. The fourth-order valence-electron chi connectivity index (χ4n) is 3.05. The highest BCUT2D eigenvalue weighted by Crippen LogP contribution is 2.32. The molecule has 0 radical (unpaired) electrons. The lowest BCUT2D eigenvalue weighted by atomic mass is 10.1. The first-order valence-corrected chi connectivity index (χ1v) is 8.31. The summed E-state index contributed by atoms with van der Waals surface area (Å²) in [5.74, 6) is 1.24. The van der Waals surface area contributed by atoms with Crippen LogP contribution in [0.4, 0.5) is 0 Å².